The lowest BCUT2D eigenvalue weighted by molar-refractivity contribution is 0.171. The third-order valence-electron chi connectivity index (χ3n) is 3.40. The number of hydrogen-bond acceptors (Lipinski definition) is 5. The van der Waals surface area contributed by atoms with Crippen LogP contribution in [-0.2, 0) is 0 Å². The molecule has 2 aliphatic rings. The maximum atomic E-state index is 12.3. The fraction of sp³-hybridized carbons (Fsp3) is 0.500. The first kappa shape index (κ1) is 14.7. The summed E-state index contributed by atoms with van der Waals surface area (Å²) < 4.78 is 11.2. The molecular weight excluding hydrogens is 308 g/mol. The van der Waals surface area contributed by atoms with Gasteiger partial charge >= 0.3 is 6.03 Å². The summed E-state index contributed by atoms with van der Waals surface area (Å²) in [5.41, 5.74) is 0.787. The number of nitrogens with zero attached hydrogens (tertiary/aromatic N) is 1. The van der Waals surface area contributed by atoms with Gasteiger partial charge in [0.1, 0.15) is 13.2 Å². The Bertz CT molecular complexity index is 533. The molecule has 5 nitrogen and oxygen atoms in total. The highest BCUT2D eigenvalue weighted by Gasteiger charge is 2.20. The molecule has 0 spiro atoms. The molecule has 3 rings (SSSR count). The monoisotopic (exact) mass is 326 g/mol. The Morgan fingerprint density at radius 3 is 2.57 bits per heavy atom. The van der Waals surface area contributed by atoms with Crippen LogP contribution in [0.3, 0.4) is 0 Å². The lowest BCUT2D eigenvalue weighted by Gasteiger charge is -2.27. The minimum atomic E-state index is -0.0396. The molecule has 0 atom stereocenters. The normalized spacial score (nSPS) is 17.5. The Hall–Kier alpha value is -1.21. The van der Waals surface area contributed by atoms with Crippen LogP contribution in [0.25, 0.3) is 0 Å². The van der Waals surface area contributed by atoms with Gasteiger partial charge in [-0.2, -0.15) is 11.8 Å². The second-order valence-electron chi connectivity index (χ2n) is 4.73. The van der Waals surface area contributed by atoms with E-state index in [0.29, 0.717) is 19.0 Å². The summed E-state index contributed by atoms with van der Waals surface area (Å²) in [7, 11) is 0. The van der Waals surface area contributed by atoms with Crippen molar-refractivity contribution >= 4 is 35.2 Å². The molecule has 1 aromatic rings. The van der Waals surface area contributed by atoms with Crippen molar-refractivity contribution < 1.29 is 14.3 Å². The van der Waals surface area contributed by atoms with Crippen LogP contribution >= 0.6 is 23.5 Å². The van der Waals surface area contributed by atoms with E-state index in [0.717, 1.165) is 40.9 Å². The van der Waals surface area contributed by atoms with Crippen molar-refractivity contribution in [3.63, 3.8) is 0 Å². The highest BCUT2D eigenvalue weighted by molar-refractivity contribution is 7.99. The second-order valence-corrected chi connectivity index (χ2v) is 6.80. The number of ether oxygens (including phenoxy) is 2. The SMILES string of the molecule is CSc1cc2c(cc1NC(=O)N1CCSCC1)OCCO2. The molecule has 21 heavy (non-hydrogen) atoms. The highest BCUT2D eigenvalue weighted by Crippen LogP contribution is 2.39. The number of amides is 2. The van der Waals surface area contributed by atoms with Gasteiger partial charge in [0.25, 0.3) is 0 Å². The van der Waals surface area contributed by atoms with Crippen molar-refractivity contribution in [3.05, 3.63) is 12.1 Å². The van der Waals surface area contributed by atoms with Crippen molar-refractivity contribution in [1.82, 2.24) is 4.90 Å². The van der Waals surface area contributed by atoms with Gasteiger partial charge in [0.05, 0.1) is 5.69 Å². The molecule has 1 saturated heterocycles. The smallest absolute Gasteiger partial charge is 0.321 e. The number of rotatable bonds is 2. The molecule has 1 aromatic carbocycles. The summed E-state index contributed by atoms with van der Waals surface area (Å²) in [5, 5.41) is 3.00. The minimum Gasteiger partial charge on any atom is -0.486 e. The molecule has 2 aliphatic heterocycles. The lowest BCUT2D eigenvalue weighted by Crippen LogP contribution is -2.40. The van der Waals surface area contributed by atoms with Crippen molar-refractivity contribution in [2.45, 2.75) is 4.90 Å². The molecule has 0 aromatic heterocycles. The molecule has 0 aliphatic carbocycles. The molecule has 1 N–H and O–H groups in total. The molecule has 114 valence electrons. The van der Waals surface area contributed by atoms with Gasteiger partial charge in [-0.25, -0.2) is 4.79 Å². The van der Waals surface area contributed by atoms with E-state index >= 15 is 0 Å². The first-order valence-corrected chi connectivity index (χ1v) is 9.27. The van der Waals surface area contributed by atoms with E-state index in [1.807, 2.05) is 35.1 Å². The van der Waals surface area contributed by atoms with Crippen LogP contribution in [0.4, 0.5) is 10.5 Å². The number of carbonyl (C=O) groups is 1. The quantitative estimate of drug-likeness (QED) is 0.847. The molecule has 0 saturated carbocycles. The minimum absolute atomic E-state index is 0.0396. The van der Waals surface area contributed by atoms with E-state index in [2.05, 4.69) is 5.32 Å². The fourth-order valence-electron chi connectivity index (χ4n) is 2.30. The molecule has 0 unspecified atom stereocenters. The Labute approximate surface area is 132 Å². The van der Waals surface area contributed by atoms with Gasteiger partial charge in [0, 0.05) is 35.6 Å². The number of carbonyl (C=O) groups excluding carboxylic acids is 1. The van der Waals surface area contributed by atoms with Crippen LogP contribution in [0, 0.1) is 0 Å². The summed E-state index contributed by atoms with van der Waals surface area (Å²) in [5.74, 6) is 3.45. The number of anilines is 1. The zero-order chi connectivity index (χ0) is 14.7. The third-order valence-corrected chi connectivity index (χ3v) is 5.12. The van der Waals surface area contributed by atoms with Crippen LogP contribution in [0.1, 0.15) is 0 Å². The number of nitrogens with one attached hydrogen (secondary N) is 1. The van der Waals surface area contributed by atoms with Crippen molar-refractivity contribution in [2.75, 3.05) is 49.4 Å². The van der Waals surface area contributed by atoms with Crippen LogP contribution in [-0.4, -0.2) is 55.0 Å². The van der Waals surface area contributed by atoms with E-state index in [9.17, 15) is 4.79 Å². The Morgan fingerprint density at radius 1 is 1.24 bits per heavy atom. The Balaban J connectivity index is 1.78. The molecule has 7 heteroatoms. The van der Waals surface area contributed by atoms with Crippen LogP contribution in [0.5, 0.6) is 11.5 Å². The molecule has 2 heterocycles. The summed E-state index contributed by atoms with van der Waals surface area (Å²) in [6, 6.07) is 3.75. The van der Waals surface area contributed by atoms with E-state index in [1.54, 1.807) is 11.8 Å². The summed E-state index contributed by atoms with van der Waals surface area (Å²) in [4.78, 5) is 15.2. The lowest BCUT2D eigenvalue weighted by atomic mass is 10.2. The highest BCUT2D eigenvalue weighted by atomic mass is 32.2. The largest absolute Gasteiger partial charge is 0.486 e. The zero-order valence-corrected chi connectivity index (χ0v) is 13.5. The predicted molar refractivity (Wildman–Crippen MR) is 87.1 cm³/mol. The van der Waals surface area contributed by atoms with E-state index in [4.69, 9.17) is 9.47 Å². The molecule has 0 radical (unpaired) electrons. The van der Waals surface area contributed by atoms with E-state index in [-0.39, 0.29) is 6.03 Å². The van der Waals surface area contributed by atoms with E-state index in [1.165, 1.54) is 0 Å². The summed E-state index contributed by atoms with van der Waals surface area (Å²) in [6.45, 7) is 2.71. The summed E-state index contributed by atoms with van der Waals surface area (Å²) in [6.07, 6.45) is 1.98. The molecular formula is C14H18N2O3S2. The maximum Gasteiger partial charge on any atom is 0.321 e. The van der Waals surface area contributed by atoms with Gasteiger partial charge in [-0.05, 0) is 12.3 Å². The second kappa shape index (κ2) is 6.70. The molecule has 0 bridgehead atoms. The number of fused-ring (bicyclic) bond motifs is 1. The average Bonchev–Trinajstić information content (AvgIpc) is 2.55. The Morgan fingerprint density at radius 2 is 1.90 bits per heavy atom. The predicted octanol–water partition coefficient (Wildman–Crippen LogP) is 2.76. The zero-order valence-electron chi connectivity index (χ0n) is 11.9. The van der Waals surface area contributed by atoms with Crippen molar-refractivity contribution in [1.29, 1.82) is 0 Å². The number of urea groups is 1. The number of thioether (sulfide) groups is 2. The first-order chi connectivity index (χ1) is 10.3. The van der Waals surface area contributed by atoms with E-state index < -0.39 is 0 Å². The van der Waals surface area contributed by atoms with Gasteiger partial charge in [-0.1, -0.05) is 0 Å². The van der Waals surface area contributed by atoms with Gasteiger partial charge in [-0.3, -0.25) is 0 Å². The Kier molecular flexibility index (Phi) is 4.70. The van der Waals surface area contributed by atoms with Crippen LogP contribution in [0.2, 0.25) is 0 Å². The van der Waals surface area contributed by atoms with Crippen LogP contribution < -0.4 is 14.8 Å². The van der Waals surface area contributed by atoms with Crippen molar-refractivity contribution in [2.24, 2.45) is 0 Å². The van der Waals surface area contributed by atoms with Gasteiger partial charge < -0.3 is 19.7 Å². The van der Waals surface area contributed by atoms with Gasteiger partial charge in [-0.15, -0.1) is 11.8 Å². The fourth-order valence-corrected chi connectivity index (χ4v) is 3.76. The topological polar surface area (TPSA) is 50.8 Å². The standard InChI is InChI=1S/C14H18N2O3S2/c1-20-13-9-12-11(18-4-5-19-12)8-10(13)15-14(17)16-2-6-21-7-3-16/h8-9H,2-7H2,1H3,(H,15,17). The van der Waals surface area contributed by atoms with Gasteiger partial charge in [0.2, 0.25) is 0 Å². The number of benzene rings is 1. The van der Waals surface area contributed by atoms with Crippen LogP contribution in [0.15, 0.2) is 17.0 Å². The van der Waals surface area contributed by atoms with Gasteiger partial charge in [0.15, 0.2) is 11.5 Å². The average molecular weight is 326 g/mol. The van der Waals surface area contributed by atoms with Crippen molar-refractivity contribution in [3.8, 4) is 11.5 Å². The summed E-state index contributed by atoms with van der Waals surface area (Å²) >= 11 is 3.47. The third kappa shape index (κ3) is 3.35. The maximum absolute atomic E-state index is 12.3. The number of hydrogen-bond donors (Lipinski definition) is 1. The molecule has 1 fully saturated rings. The first-order valence-electron chi connectivity index (χ1n) is 6.89. The molecule has 2 amide bonds.